The smallest absolute Gasteiger partial charge is 0.0547 e. The molecule has 11 rings (SSSR count). The Bertz CT molecular complexity index is 3030. The molecule has 0 bridgehead atoms. The fraction of sp³-hybridized carbons (Fsp3) is 0.111. The number of anilines is 3. The van der Waals surface area contributed by atoms with Crippen LogP contribution in [0.2, 0.25) is 0 Å². The molecule has 1 aromatic heterocycles. The van der Waals surface area contributed by atoms with Crippen LogP contribution in [0.3, 0.4) is 0 Å². The predicted molar refractivity (Wildman–Crippen MR) is 236 cm³/mol. The van der Waals surface area contributed by atoms with Gasteiger partial charge in [-0.05, 0) is 105 Å². The van der Waals surface area contributed by atoms with Gasteiger partial charge in [-0.25, -0.2) is 0 Å². The Labute approximate surface area is 328 Å². The third-order valence-corrected chi connectivity index (χ3v) is 12.8. The van der Waals surface area contributed by atoms with Gasteiger partial charge in [-0.15, -0.1) is 0 Å². The van der Waals surface area contributed by atoms with Gasteiger partial charge in [0.25, 0.3) is 0 Å². The third-order valence-electron chi connectivity index (χ3n) is 12.8. The van der Waals surface area contributed by atoms with E-state index in [9.17, 15) is 0 Å². The lowest BCUT2D eigenvalue weighted by Crippen LogP contribution is -2.17. The van der Waals surface area contributed by atoms with Gasteiger partial charge in [0, 0.05) is 44.2 Å². The van der Waals surface area contributed by atoms with Crippen LogP contribution < -0.4 is 4.90 Å². The van der Waals surface area contributed by atoms with E-state index in [1.807, 2.05) is 0 Å². The van der Waals surface area contributed by atoms with E-state index in [0.29, 0.717) is 0 Å². The Morgan fingerprint density at radius 1 is 0.375 bits per heavy atom. The maximum Gasteiger partial charge on any atom is 0.0547 e. The molecule has 268 valence electrons. The molecule has 0 radical (unpaired) electrons. The highest BCUT2D eigenvalue weighted by Crippen LogP contribution is 2.54. The lowest BCUT2D eigenvalue weighted by atomic mass is 9.82. The summed E-state index contributed by atoms with van der Waals surface area (Å²) in [6, 6.07) is 67.6. The van der Waals surface area contributed by atoms with Gasteiger partial charge in [0.2, 0.25) is 0 Å². The van der Waals surface area contributed by atoms with Crippen molar-refractivity contribution >= 4 is 38.9 Å². The van der Waals surface area contributed by atoms with Crippen LogP contribution in [-0.4, -0.2) is 4.57 Å². The van der Waals surface area contributed by atoms with Crippen molar-refractivity contribution in [1.29, 1.82) is 0 Å². The molecular formula is C54H42N2. The van der Waals surface area contributed by atoms with Crippen LogP contribution in [0.15, 0.2) is 182 Å². The molecule has 0 spiro atoms. The number of hydrogen-bond donors (Lipinski definition) is 0. The number of benzene rings is 8. The van der Waals surface area contributed by atoms with E-state index in [1.54, 1.807) is 0 Å². The van der Waals surface area contributed by atoms with Gasteiger partial charge in [0.05, 0.1) is 16.7 Å². The van der Waals surface area contributed by atoms with Crippen LogP contribution in [0, 0.1) is 0 Å². The molecular weight excluding hydrogens is 677 g/mol. The van der Waals surface area contributed by atoms with Crippen LogP contribution in [-0.2, 0) is 10.8 Å². The van der Waals surface area contributed by atoms with E-state index >= 15 is 0 Å². The Morgan fingerprint density at radius 2 is 0.911 bits per heavy atom. The van der Waals surface area contributed by atoms with Gasteiger partial charge in [-0.1, -0.05) is 155 Å². The Kier molecular flexibility index (Phi) is 6.98. The fourth-order valence-corrected chi connectivity index (χ4v) is 10.1. The number of hydrogen-bond acceptors (Lipinski definition) is 1. The maximum absolute atomic E-state index is 2.51. The van der Waals surface area contributed by atoms with Crippen molar-refractivity contribution in [3.05, 3.63) is 204 Å². The summed E-state index contributed by atoms with van der Waals surface area (Å²) in [5.74, 6) is 0. The van der Waals surface area contributed by atoms with Crippen molar-refractivity contribution in [3.63, 3.8) is 0 Å². The molecule has 8 aromatic carbocycles. The van der Waals surface area contributed by atoms with Gasteiger partial charge in [0.1, 0.15) is 0 Å². The van der Waals surface area contributed by atoms with Crippen molar-refractivity contribution in [2.75, 3.05) is 4.90 Å². The number of rotatable bonds is 5. The SMILES string of the molecule is CC1(C)c2ccccc2-c2cc(N(c3ccc4c(c3)C(C)(C)c3ccccc3-4)c3ccccc3-c3cccc4c3c3ccccc3n4-c3ccccc3)ccc21. The normalized spacial score (nSPS) is 14.4. The third kappa shape index (κ3) is 4.56. The molecule has 0 fully saturated rings. The molecule has 0 N–H and O–H groups in total. The predicted octanol–water partition coefficient (Wildman–Crippen LogP) is 14.5. The van der Waals surface area contributed by atoms with Crippen LogP contribution in [0.4, 0.5) is 17.1 Å². The first-order chi connectivity index (χ1) is 27.3. The average Bonchev–Trinajstić information content (AvgIpc) is 3.78. The van der Waals surface area contributed by atoms with Crippen molar-refractivity contribution in [2.24, 2.45) is 0 Å². The molecule has 56 heavy (non-hydrogen) atoms. The summed E-state index contributed by atoms with van der Waals surface area (Å²) in [7, 11) is 0. The minimum atomic E-state index is -0.126. The average molecular weight is 719 g/mol. The van der Waals surface area contributed by atoms with Crippen molar-refractivity contribution < 1.29 is 0 Å². The quantitative estimate of drug-likeness (QED) is 0.172. The molecule has 1 heterocycles. The molecule has 2 heteroatoms. The first-order valence-corrected chi connectivity index (χ1v) is 19.8. The van der Waals surface area contributed by atoms with Crippen LogP contribution >= 0.6 is 0 Å². The summed E-state index contributed by atoms with van der Waals surface area (Å²) in [5, 5.41) is 2.51. The second-order valence-electron chi connectivity index (χ2n) is 16.5. The molecule has 0 saturated carbocycles. The van der Waals surface area contributed by atoms with E-state index < -0.39 is 0 Å². The zero-order valence-electron chi connectivity index (χ0n) is 32.2. The second-order valence-corrected chi connectivity index (χ2v) is 16.5. The van der Waals surface area contributed by atoms with Gasteiger partial charge in [-0.3, -0.25) is 0 Å². The lowest BCUT2D eigenvalue weighted by Gasteiger charge is -2.30. The number of aromatic nitrogens is 1. The molecule has 2 aliphatic carbocycles. The summed E-state index contributed by atoms with van der Waals surface area (Å²) < 4.78 is 2.41. The number of nitrogens with zero attached hydrogens (tertiary/aromatic N) is 2. The van der Waals surface area contributed by atoms with E-state index in [-0.39, 0.29) is 10.8 Å². The highest BCUT2D eigenvalue weighted by molar-refractivity contribution is 6.17. The summed E-state index contributed by atoms with van der Waals surface area (Å²) in [6.07, 6.45) is 0. The Balaban J connectivity index is 1.18. The highest BCUT2D eigenvalue weighted by Gasteiger charge is 2.38. The maximum atomic E-state index is 2.51. The van der Waals surface area contributed by atoms with Crippen molar-refractivity contribution in [3.8, 4) is 39.1 Å². The van der Waals surface area contributed by atoms with E-state index in [4.69, 9.17) is 0 Å². The standard InChI is InChI=1S/C54H42N2/c1-53(2)46-25-13-9-20-39(46)44-33-36(30-32-47(44)53)55(37-29-31-40-38-19-8-12-24-45(38)54(3,4)48(40)34-37)49-26-14-10-21-41(49)42-23-16-28-51-52(42)43-22-11-15-27-50(43)56(51)35-17-6-5-7-18-35/h5-34H,1-4H3. The molecule has 0 saturated heterocycles. The Hall–Kier alpha value is -6.64. The molecule has 0 unspecified atom stereocenters. The van der Waals surface area contributed by atoms with Gasteiger partial charge >= 0.3 is 0 Å². The summed E-state index contributed by atoms with van der Waals surface area (Å²) in [5.41, 5.74) is 20.0. The molecule has 0 amide bonds. The molecule has 2 aliphatic rings. The minimum Gasteiger partial charge on any atom is -0.310 e. The van der Waals surface area contributed by atoms with Gasteiger partial charge < -0.3 is 9.47 Å². The summed E-state index contributed by atoms with van der Waals surface area (Å²) >= 11 is 0. The van der Waals surface area contributed by atoms with E-state index in [0.717, 1.165) is 22.7 Å². The minimum absolute atomic E-state index is 0.0703. The summed E-state index contributed by atoms with van der Waals surface area (Å²) in [6.45, 7) is 9.46. The summed E-state index contributed by atoms with van der Waals surface area (Å²) in [4.78, 5) is 2.51. The number of fused-ring (bicyclic) bond motifs is 9. The van der Waals surface area contributed by atoms with Crippen LogP contribution in [0.25, 0.3) is 60.9 Å². The monoisotopic (exact) mass is 718 g/mol. The lowest BCUT2D eigenvalue weighted by molar-refractivity contribution is 0.660. The highest BCUT2D eigenvalue weighted by atomic mass is 15.1. The Morgan fingerprint density at radius 3 is 1.70 bits per heavy atom. The molecule has 9 aromatic rings. The van der Waals surface area contributed by atoms with Crippen molar-refractivity contribution in [1.82, 2.24) is 4.57 Å². The molecule has 2 nitrogen and oxygen atoms in total. The van der Waals surface area contributed by atoms with E-state index in [1.165, 1.54) is 77.4 Å². The van der Waals surface area contributed by atoms with E-state index in [2.05, 4.69) is 219 Å². The first-order valence-electron chi connectivity index (χ1n) is 19.8. The van der Waals surface area contributed by atoms with Crippen LogP contribution in [0.5, 0.6) is 0 Å². The van der Waals surface area contributed by atoms with Crippen molar-refractivity contribution in [2.45, 2.75) is 38.5 Å². The number of para-hydroxylation sites is 3. The fourth-order valence-electron chi connectivity index (χ4n) is 10.1. The topological polar surface area (TPSA) is 8.17 Å². The molecule has 0 aliphatic heterocycles. The zero-order valence-corrected chi connectivity index (χ0v) is 32.2. The molecule has 0 atom stereocenters. The van der Waals surface area contributed by atoms with Crippen LogP contribution in [0.1, 0.15) is 49.9 Å². The zero-order chi connectivity index (χ0) is 37.8. The van der Waals surface area contributed by atoms with Gasteiger partial charge in [-0.2, -0.15) is 0 Å². The largest absolute Gasteiger partial charge is 0.310 e. The van der Waals surface area contributed by atoms with Gasteiger partial charge in [0.15, 0.2) is 0 Å². The first kappa shape index (κ1) is 32.8. The second kappa shape index (κ2) is 11.9.